The van der Waals surface area contributed by atoms with Gasteiger partial charge in [0.15, 0.2) is 0 Å². The van der Waals surface area contributed by atoms with Crippen molar-refractivity contribution in [3.8, 4) is 0 Å². The van der Waals surface area contributed by atoms with Crippen LogP contribution in [0.5, 0.6) is 0 Å². The molecule has 0 spiro atoms. The number of rotatable bonds is 9. The third-order valence-corrected chi connectivity index (χ3v) is 5.20. The van der Waals surface area contributed by atoms with Gasteiger partial charge in [0.25, 0.3) is 5.91 Å². The van der Waals surface area contributed by atoms with Crippen molar-refractivity contribution in [1.82, 2.24) is 4.90 Å². The van der Waals surface area contributed by atoms with E-state index in [9.17, 15) is 4.79 Å². The van der Waals surface area contributed by atoms with E-state index in [4.69, 9.17) is 0 Å². The Morgan fingerprint density at radius 2 is 1.62 bits per heavy atom. The van der Waals surface area contributed by atoms with Crippen LogP contribution in [0.3, 0.4) is 0 Å². The maximum Gasteiger partial charge on any atom is 0.254 e. The van der Waals surface area contributed by atoms with E-state index in [2.05, 4.69) is 54.3 Å². The van der Waals surface area contributed by atoms with Gasteiger partial charge in [0, 0.05) is 16.7 Å². The molecule has 1 rings (SSSR count). The number of carbonyl (C=O) groups is 1. The number of unbranched alkanes of at least 4 members (excludes halogenated alkanes) is 4. The molecule has 0 N–H and O–H groups in total. The Bertz CT molecular complexity index is 435. The van der Waals surface area contributed by atoms with Crippen molar-refractivity contribution in [2.24, 2.45) is 0 Å². The summed E-state index contributed by atoms with van der Waals surface area (Å²) in [5.74, 6) is 0.204. The minimum Gasteiger partial charge on any atom is -0.339 e. The monoisotopic (exact) mass is 401 g/mol. The molecule has 0 aromatic heterocycles. The first-order chi connectivity index (χ1) is 10.1. The van der Waals surface area contributed by atoms with Crippen LogP contribution in [0.25, 0.3) is 0 Å². The molecule has 1 aromatic rings. The predicted molar refractivity (Wildman–Crippen MR) is 98.8 cm³/mol. The van der Waals surface area contributed by atoms with E-state index in [0.29, 0.717) is 0 Å². The van der Waals surface area contributed by atoms with E-state index in [-0.39, 0.29) is 5.91 Å². The molecule has 0 aliphatic carbocycles. The van der Waals surface area contributed by atoms with Gasteiger partial charge in [-0.3, -0.25) is 4.79 Å². The molecule has 21 heavy (non-hydrogen) atoms. The predicted octanol–water partition coefficient (Wildman–Crippen LogP) is 5.42. The Morgan fingerprint density at radius 1 is 1.05 bits per heavy atom. The van der Waals surface area contributed by atoms with Crippen molar-refractivity contribution in [3.63, 3.8) is 0 Å². The quantitative estimate of drug-likeness (QED) is 0.400. The molecule has 0 bridgehead atoms. The van der Waals surface area contributed by atoms with E-state index in [1.54, 1.807) is 0 Å². The fourth-order valence-corrected chi connectivity index (χ4v) is 2.99. The summed E-state index contributed by atoms with van der Waals surface area (Å²) in [7, 11) is 0. The van der Waals surface area contributed by atoms with Crippen LogP contribution in [-0.2, 0) is 0 Å². The molecule has 0 saturated carbocycles. The number of nitrogens with zero attached hydrogens (tertiary/aromatic N) is 1. The van der Waals surface area contributed by atoms with Crippen LogP contribution in [0.2, 0.25) is 0 Å². The summed E-state index contributed by atoms with van der Waals surface area (Å²) >= 11 is 2.30. The van der Waals surface area contributed by atoms with E-state index in [0.717, 1.165) is 35.1 Å². The summed E-state index contributed by atoms with van der Waals surface area (Å²) in [6.07, 6.45) is 7.00. The van der Waals surface area contributed by atoms with Crippen LogP contribution < -0.4 is 0 Å². The summed E-state index contributed by atoms with van der Waals surface area (Å²) < 4.78 is 1.09. The fourth-order valence-electron chi connectivity index (χ4n) is 2.40. The third-order valence-electron chi connectivity index (χ3n) is 3.77. The Hall–Kier alpha value is -0.580. The molecular formula is C18H28INO. The molecule has 0 aliphatic rings. The smallest absolute Gasteiger partial charge is 0.254 e. The second-order valence-electron chi connectivity index (χ2n) is 5.64. The molecule has 2 nitrogen and oxygen atoms in total. The Kier molecular flexibility index (Phi) is 8.97. The number of hydrogen-bond acceptors (Lipinski definition) is 1. The van der Waals surface area contributed by atoms with Crippen LogP contribution in [0.4, 0.5) is 0 Å². The number of halogens is 1. The zero-order chi connectivity index (χ0) is 15.7. The van der Waals surface area contributed by atoms with Gasteiger partial charge in [-0.15, -0.1) is 0 Å². The molecule has 0 saturated heterocycles. The molecule has 3 heteroatoms. The molecule has 0 atom stereocenters. The number of hydrogen-bond donors (Lipinski definition) is 0. The lowest BCUT2D eigenvalue weighted by atomic mass is 10.1. The van der Waals surface area contributed by atoms with E-state index in [1.807, 2.05) is 12.1 Å². The molecule has 0 aliphatic heterocycles. The second kappa shape index (κ2) is 10.2. The zero-order valence-electron chi connectivity index (χ0n) is 13.6. The SMILES string of the molecule is CCCCCN(CCCCC)C(=O)c1cccc(C)c1I. The van der Waals surface area contributed by atoms with Gasteiger partial charge in [0.05, 0.1) is 5.56 Å². The average molecular weight is 401 g/mol. The standard InChI is InChI=1S/C18H28INO/c1-4-6-8-13-20(14-9-7-5-2)18(21)16-12-10-11-15(3)17(16)19/h10-12H,4-9,13-14H2,1-3H3. The highest BCUT2D eigenvalue weighted by molar-refractivity contribution is 14.1. The summed E-state index contributed by atoms with van der Waals surface area (Å²) in [5.41, 5.74) is 2.05. The number of amides is 1. The van der Waals surface area contributed by atoms with Crippen molar-refractivity contribution in [2.75, 3.05) is 13.1 Å². The largest absolute Gasteiger partial charge is 0.339 e. The molecular weight excluding hydrogens is 373 g/mol. The molecule has 0 radical (unpaired) electrons. The molecule has 0 fully saturated rings. The Balaban J connectivity index is 2.79. The van der Waals surface area contributed by atoms with Crippen molar-refractivity contribution < 1.29 is 4.79 Å². The minimum atomic E-state index is 0.204. The average Bonchev–Trinajstić information content (AvgIpc) is 2.48. The lowest BCUT2D eigenvalue weighted by molar-refractivity contribution is 0.0748. The highest BCUT2D eigenvalue weighted by atomic mass is 127. The lowest BCUT2D eigenvalue weighted by Gasteiger charge is -2.23. The number of aryl methyl sites for hydroxylation is 1. The van der Waals surface area contributed by atoms with Crippen molar-refractivity contribution in [1.29, 1.82) is 0 Å². The summed E-state index contributed by atoms with van der Waals surface area (Å²) in [5, 5.41) is 0. The highest BCUT2D eigenvalue weighted by Crippen LogP contribution is 2.19. The van der Waals surface area contributed by atoms with Crippen LogP contribution in [0.1, 0.15) is 68.3 Å². The third kappa shape index (κ3) is 5.97. The lowest BCUT2D eigenvalue weighted by Crippen LogP contribution is -2.33. The molecule has 1 amide bonds. The Morgan fingerprint density at radius 3 is 2.14 bits per heavy atom. The summed E-state index contributed by atoms with van der Waals surface area (Å²) in [6, 6.07) is 6.02. The van der Waals surface area contributed by atoms with Gasteiger partial charge in [-0.1, -0.05) is 51.7 Å². The van der Waals surface area contributed by atoms with Crippen LogP contribution in [-0.4, -0.2) is 23.9 Å². The molecule has 0 heterocycles. The maximum absolute atomic E-state index is 12.8. The molecule has 118 valence electrons. The normalized spacial score (nSPS) is 10.7. The van der Waals surface area contributed by atoms with Gasteiger partial charge in [-0.2, -0.15) is 0 Å². The van der Waals surface area contributed by atoms with E-state index in [1.165, 1.54) is 31.2 Å². The van der Waals surface area contributed by atoms with Crippen LogP contribution >= 0.6 is 22.6 Å². The first-order valence-electron chi connectivity index (χ1n) is 8.16. The van der Waals surface area contributed by atoms with Crippen molar-refractivity contribution in [2.45, 2.75) is 59.3 Å². The Labute approximate surface area is 143 Å². The summed E-state index contributed by atoms with van der Waals surface area (Å²) in [6.45, 7) is 8.25. The van der Waals surface area contributed by atoms with Crippen molar-refractivity contribution in [3.05, 3.63) is 32.9 Å². The van der Waals surface area contributed by atoms with E-state index >= 15 is 0 Å². The van der Waals surface area contributed by atoms with Gasteiger partial charge < -0.3 is 4.90 Å². The van der Waals surface area contributed by atoms with Gasteiger partial charge >= 0.3 is 0 Å². The van der Waals surface area contributed by atoms with Crippen LogP contribution in [0.15, 0.2) is 18.2 Å². The minimum absolute atomic E-state index is 0.204. The van der Waals surface area contributed by atoms with E-state index < -0.39 is 0 Å². The van der Waals surface area contributed by atoms with Gasteiger partial charge in [0.2, 0.25) is 0 Å². The highest BCUT2D eigenvalue weighted by Gasteiger charge is 2.18. The molecule has 1 aromatic carbocycles. The zero-order valence-corrected chi connectivity index (χ0v) is 15.8. The number of benzene rings is 1. The van der Waals surface area contributed by atoms with Gasteiger partial charge in [0.1, 0.15) is 0 Å². The van der Waals surface area contributed by atoms with Gasteiger partial charge in [-0.05, 0) is 54.0 Å². The van der Waals surface area contributed by atoms with Crippen molar-refractivity contribution >= 4 is 28.5 Å². The number of carbonyl (C=O) groups excluding carboxylic acids is 1. The van der Waals surface area contributed by atoms with Crippen LogP contribution in [0, 0.1) is 10.5 Å². The molecule has 0 unspecified atom stereocenters. The fraction of sp³-hybridized carbons (Fsp3) is 0.611. The maximum atomic E-state index is 12.8. The van der Waals surface area contributed by atoms with Gasteiger partial charge in [-0.25, -0.2) is 0 Å². The topological polar surface area (TPSA) is 20.3 Å². The first kappa shape index (κ1) is 18.5. The second-order valence-corrected chi connectivity index (χ2v) is 6.72. The first-order valence-corrected chi connectivity index (χ1v) is 9.24. The summed E-state index contributed by atoms with van der Waals surface area (Å²) in [4.78, 5) is 14.9.